The van der Waals surface area contributed by atoms with Gasteiger partial charge in [-0.2, -0.15) is 0 Å². The van der Waals surface area contributed by atoms with Crippen LogP contribution >= 0.6 is 23.2 Å². The molecule has 0 aliphatic heterocycles. The molecular formula is C12H15Cl2NO. The summed E-state index contributed by atoms with van der Waals surface area (Å²) < 4.78 is 0. The van der Waals surface area contributed by atoms with E-state index in [9.17, 15) is 5.11 Å². The molecule has 0 aliphatic carbocycles. The van der Waals surface area contributed by atoms with E-state index in [0.717, 1.165) is 5.57 Å². The molecule has 2 nitrogen and oxygen atoms in total. The monoisotopic (exact) mass is 259 g/mol. The third-order valence-electron chi connectivity index (χ3n) is 2.08. The summed E-state index contributed by atoms with van der Waals surface area (Å²) in [5.41, 5.74) is 1.66. The van der Waals surface area contributed by atoms with E-state index < -0.39 is 6.10 Å². The van der Waals surface area contributed by atoms with Crippen LogP contribution in [0.2, 0.25) is 10.0 Å². The summed E-state index contributed by atoms with van der Waals surface area (Å²) in [6, 6.07) is 5.06. The van der Waals surface area contributed by atoms with Crippen molar-refractivity contribution in [3.8, 4) is 0 Å². The SMILES string of the molecule is C=C(C)CNCC(O)c1cc(Cl)ccc1Cl. The molecule has 1 aromatic rings. The molecule has 1 unspecified atom stereocenters. The molecular weight excluding hydrogens is 245 g/mol. The van der Waals surface area contributed by atoms with Crippen molar-refractivity contribution >= 4 is 23.2 Å². The van der Waals surface area contributed by atoms with Crippen molar-refractivity contribution in [3.05, 3.63) is 46.0 Å². The van der Waals surface area contributed by atoms with Crippen LogP contribution < -0.4 is 5.32 Å². The summed E-state index contributed by atoms with van der Waals surface area (Å²) in [7, 11) is 0. The van der Waals surface area contributed by atoms with Gasteiger partial charge in [-0.3, -0.25) is 0 Å². The molecule has 1 atom stereocenters. The van der Waals surface area contributed by atoms with Crippen molar-refractivity contribution in [3.63, 3.8) is 0 Å². The Balaban J connectivity index is 2.61. The van der Waals surface area contributed by atoms with Gasteiger partial charge in [0, 0.05) is 28.7 Å². The van der Waals surface area contributed by atoms with Crippen LogP contribution in [-0.4, -0.2) is 18.2 Å². The van der Waals surface area contributed by atoms with Gasteiger partial charge in [0.05, 0.1) is 6.10 Å². The molecule has 0 amide bonds. The Labute approximate surface area is 106 Å². The fraction of sp³-hybridized carbons (Fsp3) is 0.333. The van der Waals surface area contributed by atoms with Crippen LogP contribution in [0.4, 0.5) is 0 Å². The third-order valence-corrected chi connectivity index (χ3v) is 2.66. The first-order valence-corrected chi connectivity index (χ1v) is 5.74. The van der Waals surface area contributed by atoms with Crippen molar-refractivity contribution in [2.24, 2.45) is 0 Å². The van der Waals surface area contributed by atoms with Crippen LogP contribution in [0.1, 0.15) is 18.6 Å². The van der Waals surface area contributed by atoms with Gasteiger partial charge in [0.1, 0.15) is 0 Å². The third kappa shape index (κ3) is 4.14. The van der Waals surface area contributed by atoms with E-state index in [-0.39, 0.29) is 0 Å². The number of rotatable bonds is 5. The lowest BCUT2D eigenvalue weighted by Gasteiger charge is -2.14. The van der Waals surface area contributed by atoms with Gasteiger partial charge in [-0.15, -0.1) is 0 Å². The smallest absolute Gasteiger partial charge is 0.0929 e. The van der Waals surface area contributed by atoms with Gasteiger partial charge in [0.25, 0.3) is 0 Å². The average molecular weight is 260 g/mol. The molecule has 0 saturated carbocycles. The summed E-state index contributed by atoms with van der Waals surface area (Å²) in [6.45, 7) is 6.79. The summed E-state index contributed by atoms with van der Waals surface area (Å²) >= 11 is 11.8. The van der Waals surface area contributed by atoms with Gasteiger partial charge in [-0.05, 0) is 25.1 Å². The summed E-state index contributed by atoms with van der Waals surface area (Å²) in [5.74, 6) is 0. The largest absolute Gasteiger partial charge is 0.387 e. The van der Waals surface area contributed by atoms with Crippen molar-refractivity contribution in [1.29, 1.82) is 0 Å². The first-order chi connectivity index (χ1) is 7.50. The average Bonchev–Trinajstić information content (AvgIpc) is 2.21. The number of nitrogens with one attached hydrogen (secondary N) is 1. The molecule has 88 valence electrons. The van der Waals surface area contributed by atoms with Crippen molar-refractivity contribution in [2.45, 2.75) is 13.0 Å². The Morgan fingerprint density at radius 1 is 1.50 bits per heavy atom. The standard InChI is InChI=1S/C12H15Cl2NO/c1-8(2)6-15-7-12(16)10-5-9(13)3-4-11(10)14/h3-5,12,15-16H,1,6-7H2,2H3. The van der Waals surface area contributed by atoms with Crippen LogP contribution in [0.3, 0.4) is 0 Å². The summed E-state index contributed by atoms with van der Waals surface area (Å²) in [6.07, 6.45) is -0.662. The predicted octanol–water partition coefficient (Wildman–Crippen LogP) is 3.19. The Bertz CT molecular complexity index is 379. The van der Waals surface area contributed by atoms with E-state index in [0.29, 0.717) is 28.7 Å². The van der Waals surface area contributed by atoms with Crippen molar-refractivity contribution < 1.29 is 5.11 Å². The minimum Gasteiger partial charge on any atom is -0.387 e. The predicted molar refractivity (Wildman–Crippen MR) is 69.1 cm³/mol. The van der Waals surface area contributed by atoms with Crippen LogP contribution in [0, 0.1) is 0 Å². The first-order valence-electron chi connectivity index (χ1n) is 4.99. The number of halogens is 2. The highest BCUT2D eigenvalue weighted by Gasteiger charge is 2.11. The number of hydrogen-bond acceptors (Lipinski definition) is 2. The quantitative estimate of drug-likeness (QED) is 0.797. The van der Waals surface area contributed by atoms with Gasteiger partial charge >= 0.3 is 0 Å². The molecule has 0 aromatic heterocycles. The fourth-order valence-electron chi connectivity index (χ4n) is 1.30. The highest BCUT2D eigenvalue weighted by Crippen LogP contribution is 2.25. The van der Waals surface area contributed by atoms with Crippen LogP contribution in [0.15, 0.2) is 30.4 Å². The lowest BCUT2D eigenvalue weighted by Crippen LogP contribution is -2.23. The first kappa shape index (κ1) is 13.5. The van der Waals surface area contributed by atoms with Crippen molar-refractivity contribution in [2.75, 3.05) is 13.1 Å². The molecule has 0 bridgehead atoms. The van der Waals surface area contributed by atoms with Gasteiger partial charge < -0.3 is 10.4 Å². The molecule has 0 aliphatic rings. The van der Waals surface area contributed by atoms with Crippen LogP contribution in [0.5, 0.6) is 0 Å². The lowest BCUT2D eigenvalue weighted by atomic mass is 10.1. The maximum absolute atomic E-state index is 9.90. The minimum absolute atomic E-state index is 0.424. The zero-order valence-corrected chi connectivity index (χ0v) is 10.6. The van der Waals surface area contributed by atoms with Crippen LogP contribution in [-0.2, 0) is 0 Å². The molecule has 0 radical (unpaired) electrons. The topological polar surface area (TPSA) is 32.3 Å². The molecule has 0 saturated heterocycles. The van der Waals surface area contributed by atoms with Gasteiger partial charge in [-0.25, -0.2) is 0 Å². The zero-order valence-electron chi connectivity index (χ0n) is 9.13. The maximum atomic E-state index is 9.90. The number of hydrogen-bond donors (Lipinski definition) is 2. The van der Waals surface area contributed by atoms with Gasteiger partial charge in [0.15, 0.2) is 0 Å². The van der Waals surface area contributed by atoms with E-state index in [1.807, 2.05) is 6.92 Å². The van der Waals surface area contributed by atoms with Crippen LogP contribution in [0.25, 0.3) is 0 Å². The number of aliphatic hydroxyl groups excluding tert-OH is 1. The lowest BCUT2D eigenvalue weighted by molar-refractivity contribution is 0.176. The van der Waals surface area contributed by atoms with E-state index in [1.54, 1.807) is 18.2 Å². The Hall–Kier alpha value is -0.540. The fourth-order valence-corrected chi connectivity index (χ4v) is 1.73. The molecule has 4 heteroatoms. The molecule has 0 heterocycles. The highest BCUT2D eigenvalue weighted by molar-refractivity contribution is 6.33. The second-order valence-electron chi connectivity index (χ2n) is 3.77. The minimum atomic E-state index is -0.662. The number of benzene rings is 1. The highest BCUT2D eigenvalue weighted by atomic mass is 35.5. The molecule has 2 N–H and O–H groups in total. The molecule has 1 rings (SSSR count). The Kier molecular flexibility index (Phi) is 5.29. The van der Waals surface area contributed by atoms with E-state index in [2.05, 4.69) is 11.9 Å². The second-order valence-corrected chi connectivity index (χ2v) is 4.61. The maximum Gasteiger partial charge on any atom is 0.0929 e. The normalized spacial score (nSPS) is 12.5. The van der Waals surface area contributed by atoms with Gasteiger partial charge in [-0.1, -0.05) is 35.4 Å². The van der Waals surface area contributed by atoms with Crippen molar-refractivity contribution in [1.82, 2.24) is 5.32 Å². The molecule has 0 spiro atoms. The summed E-state index contributed by atoms with van der Waals surface area (Å²) in [5, 5.41) is 14.1. The van der Waals surface area contributed by atoms with E-state index in [4.69, 9.17) is 23.2 Å². The second kappa shape index (κ2) is 6.26. The van der Waals surface area contributed by atoms with Gasteiger partial charge in [0.2, 0.25) is 0 Å². The van der Waals surface area contributed by atoms with E-state index >= 15 is 0 Å². The molecule has 16 heavy (non-hydrogen) atoms. The van der Waals surface area contributed by atoms with E-state index in [1.165, 1.54) is 0 Å². The molecule has 0 fully saturated rings. The molecule has 1 aromatic carbocycles. The Morgan fingerprint density at radius 3 is 2.81 bits per heavy atom. The zero-order chi connectivity index (χ0) is 12.1. The Morgan fingerprint density at radius 2 is 2.19 bits per heavy atom. The summed E-state index contributed by atoms with van der Waals surface area (Å²) in [4.78, 5) is 0. The number of aliphatic hydroxyl groups is 1.